The molecule has 0 saturated carbocycles. The third-order valence-corrected chi connectivity index (χ3v) is 1.81. The van der Waals surface area contributed by atoms with Crippen LogP contribution in [0.1, 0.15) is 6.42 Å². The molecule has 7 nitrogen and oxygen atoms in total. The molecule has 0 aromatic carbocycles. The lowest BCUT2D eigenvalue weighted by Crippen LogP contribution is -2.09. The highest BCUT2D eigenvalue weighted by atomic mass is 16.5. The molecule has 86 valence electrons. The topological polar surface area (TPSA) is 91.7 Å². The van der Waals surface area contributed by atoms with E-state index < -0.39 is 0 Å². The summed E-state index contributed by atoms with van der Waals surface area (Å²) >= 11 is 0. The zero-order chi connectivity index (χ0) is 12.1. The number of hydrogen-bond donors (Lipinski definition) is 1. The molecule has 2 aromatic heterocycles. The van der Waals surface area contributed by atoms with Gasteiger partial charge in [0.1, 0.15) is 6.61 Å². The van der Waals surface area contributed by atoms with Crippen LogP contribution < -0.4 is 10.5 Å². The molecular formula is C10H10N6O. The van der Waals surface area contributed by atoms with Gasteiger partial charge in [-0.25, -0.2) is 4.68 Å². The SMILES string of the molecule is C#CCCOc1nc(N)nc(-n2cccn2)n1. The lowest BCUT2D eigenvalue weighted by atomic mass is 10.5. The average Bonchev–Trinajstić information content (AvgIpc) is 2.82. The van der Waals surface area contributed by atoms with E-state index >= 15 is 0 Å². The number of hydrogen-bond acceptors (Lipinski definition) is 6. The van der Waals surface area contributed by atoms with Crippen LogP contribution in [0.2, 0.25) is 0 Å². The van der Waals surface area contributed by atoms with Crippen LogP contribution in [0, 0.1) is 12.3 Å². The van der Waals surface area contributed by atoms with Gasteiger partial charge in [-0.05, 0) is 6.07 Å². The van der Waals surface area contributed by atoms with E-state index in [1.165, 1.54) is 4.68 Å². The van der Waals surface area contributed by atoms with Gasteiger partial charge in [0.15, 0.2) is 0 Å². The van der Waals surface area contributed by atoms with E-state index in [9.17, 15) is 0 Å². The first-order valence-corrected chi connectivity index (χ1v) is 4.87. The van der Waals surface area contributed by atoms with Crippen molar-refractivity contribution in [2.24, 2.45) is 0 Å². The fraction of sp³-hybridized carbons (Fsp3) is 0.200. The maximum Gasteiger partial charge on any atom is 0.323 e. The first kappa shape index (κ1) is 10.9. The second-order valence-corrected chi connectivity index (χ2v) is 3.03. The number of nitrogens with zero attached hydrogens (tertiary/aromatic N) is 5. The van der Waals surface area contributed by atoms with Crippen molar-refractivity contribution in [1.82, 2.24) is 24.7 Å². The number of nitrogen functional groups attached to an aromatic ring is 1. The summed E-state index contributed by atoms with van der Waals surface area (Å²) in [5, 5.41) is 3.99. The van der Waals surface area contributed by atoms with Crippen LogP contribution >= 0.6 is 0 Å². The van der Waals surface area contributed by atoms with Gasteiger partial charge in [0.2, 0.25) is 5.95 Å². The second-order valence-electron chi connectivity index (χ2n) is 3.03. The number of anilines is 1. The lowest BCUT2D eigenvalue weighted by molar-refractivity contribution is 0.300. The smallest absolute Gasteiger partial charge is 0.323 e. The van der Waals surface area contributed by atoms with E-state index in [0.717, 1.165) is 0 Å². The Hall–Kier alpha value is -2.62. The van der Waals surface area contributed by atoms with E-state index in [1.807, 2.05) is 0 Å². The number of nitrogens with two attached hydrogens (primary N) is 1. The van der Waals surface area contributed by atoms with E-state index in [4.69, 9.17) is 16.9 Å². The number of rotatable bonds is 4. The summed E-state index contributed by atoms with van der Waals surface area (Å²) < 4.78 is 6.70. The zero-order valence-electron chi connectivity index (χ0n) is 8.95. The predicted octanol–water partition coefficient (Wildman–Crippen LogP) is 0.0416. The Kier molecular flexibility index (Phi) is 3.16. The molecule has 0 atom stereocenters. The summed E-state index contributed by atoms with van der Waals surface area (Å²) in [5.74, 6) is 2.82. The van der Waals surface area contributed by atoms with Crippen molar-refractivity contribution in [3.05, 3.63) is 18.5 Å². The van der Waals surface area contributed by atoms with Gasteiger partial charge < -0.3 is 10.5 Å². The minimum atomic E-state index is 0.0706. The standard InChI is InChI=1S/C10H10N6O/c1-2-3-7-17-10-14-8(11)13-9(15-10)16-6-4-5-12-16/h1,4-6H,3,7H2,(H2,11,13,14,15). The van der Waals surface area contributed by atoms with Crippen LogP contribution in [-0.4, -0.2) is 31.3 Å². The fourth-order valence-corrected chi connectivity index (χ4v) is 1.12. The third kappa shape index (κ3) is 2.69. The normalized spacial score (nSPS) is 9.82. The monoisotopic (exact) mass is 230 g/mol. The molecule has 0 aliphatic heterocycles. The predicted molar refractivity (Wildman–Crippen MR) is 60.3 cm³/mol. The van der Waals surface area contributed by atoms with Crippen molar-refractivity contribution >= 4 is 5.95 Å². The first-order chi connectivity index (χ1) is 8.29. The van der Waals surface area contributed by atoms with Crippen LogP contribution in [0.3, 0.4) is 0 Å². The van der Waals surface area contributed by atoms with Crippen molar-refractivity contribution in [2.45, 2.75) is 6.42 Å². The summed E-state index contributed by atoms with van der Waals surface area (Å²) in [7, 11) is 0. The molecule has 0 fully saturated rings. The van der Waals surface area contributed by atoms with Crippen molar-refractivity contribution in [3.63, 3.8) is 0 Å². The second kappa shape index (κ2) is 4.94. The van der Waals surface area contributed by atoms with Crippen molar-refractivity contribution in [2.75, 3.05) is 12.3 Å². The maximum atomic E-state index is 5.55. The molecular weight excluding hydrogens is 220 g/mol. The molecule has 2 aromatic rings. The van der Waals surface area contributed by atoms with Crippen LogP contribution in [0.5, 0.6) is 6.01 Å². The Morgan fingerprint density at radius 2 is 2.29 bits per heavy atom. The van der Waals surface area contributed by atoms with Gasteiger partial charge in [0.25, 0.3) is 5.95 Å². The van der Waals surface area contributed by atoms with Crippen LogP contribution in [-0.2, 0) is 0 Å². The lowest BCUT2D eigenvalue weighted by Gasteiger charge is -2.04. The van der Waals surface area contributed by atoms with Gasteiger partial charge in [-0.2, -0.15) is 20.1 Å². The van der Waals surface area contributed by atoms with Gasteiger partial charge in [0.05, 0.1) is 0 Å². The van der Waals surface area contributed by atoms with Gasteiger partial charge in [-0.1, -0.05) is 0 Å². The molecule has 0 amide bonds. The molecule has 0 aliphatic rings. The minimum Gasteiger partial charge on any atom is -0.462 e. The summed E-state index contributed by atoms with van der Waals surface area (Å²) in [6.07, 6.45) is 8.89. The molecule has 17 heavy (non-hydrogen) atoms. The maximum absolute atomic E-state index is 5.55. The van der Waals surface area contributed by atoms with Gasteiger partial charge >= 0.3 is 6.01 Å². The number of ether oxygens (including phenoxy) is 1. The molecule has 0 bridgehead atoms. The quantitative estimate of drug-likeness (QED) is 0.589. The van der Waals surface area contributed by atoms with Crippen molar-refractivity contribution < 1.29 is 4.74 Å². The molecule has 0 aliphatic carbocycles. The zero-order valence-corrected chi connectivity index (χ0v) is 8.95. The number of terminal acetylenes is 1. The van der Waals surface area contributed by atoms with Crippen LogP contribution in [0.15, 0.2) is 18.5 Å². The molecule has 0 radical (unpaired) electrons. The summed E-state index contributed by atoms with van der Waals surface area (Å²) in [4.78, 5) is 11.8. The van der Waals surface area contributed by atoms with Crippen molar-refractivity contribution in [3.8, 4) is 24.3 Å². The molecule has 0 spiro atoms. The fourth-order valence-electron chi connectivity index (χ4n) is 1.12. The molecule has 2 rings (SSSR count). The van der Waals surface area contributed by atoms with Crippen LogP contribution in [0.4, 0.5) is 5.95 Å². The largest absolute Gasteiger partial charge is 0.462 e. The first-order valence-electron chi connectivity index (χ1n) is 4.87. The summed E-state index contributed by atoms with van der Waals surface area (Å²) in [6, 6.07) is 1.89. The highest BCUT2D eigenvalue weighted by molar-refractivity contribution is 5.24. The molecule has 0 unspecified atom stereocenters. The molecule has 2 N–H and O–H groups in total. The Morgan fingerprint density at radius 1 is 1.41 bits per heavy atom. The minimum absolute atomic E-state index is 0.0706. The third-order valence-electron chi connectivity index (χ3n) is 1.81. The summed E-state index contributed by atoms with van der Waals surface area (Å²) in [6.45, 7) is 0.332. The van der Waals surface area contributed by atoms with Gasteiger partial charge in [0, 0.05) is 18.8 Å². The Balaban J connectivity index is 2.21. The van der Waals surface area contributed by atoms with Crippen molar-refractivity contribution in [1.29, 1.82) is 0 Å². The molecule has 2 heterocycles. The van der Waals surface area contributed by atoms with Gasteiger partial charge in [-0.15, -0.1) is 12.3 Å². The Morgan fingerprint density at radius 3 is 3.00 bits per heavy atom. The van der Waals surface area contributed by atoms with Gasteiger partial charge in [-0.3, -0.25) is 0 Å². The highest BCUT2D eigenvalue weighted by Gasteiger charge is 2.07. The molecule has 0 saturated heterocycles. The van der Waals surface area contributed by atoms with Crippen LogP contribution in [0.25, 0.3) is 5.95 Å². The Labute approximate surface area is 97.7 Å². The van der Waals surface area contributed by atoms with E-state index in [0.29, 0.717) is 19.0 Å². The van der Waals surface area contributed by atoms with E-state index in [1.54, 1.807) is 18.5 Å². The van der Waals surface area contributed by atoms with E-state index in [-0.39, 0.29) is 12.0 Å². The number of aromatic nitrogens is 5. The Bertz CT molecular complexity index is 530. The van der Waals surface area contributed by atoms with E-state index in [2.05, 4.69) is 26.0 Å². The molecule has 7 heteroatoms. The highest BCUT2D eigenvalue weighted by Crippen LogP contribution is 2.08. The average molecular weight is 230 g/mol. The summed E-state index contributed by atoms with van der Waals surface area (Å²) in [5.41, 5.74) is 5.55.